The molecule has 0 amide bonds. The Morgan fingerprint density at radius 2 is 1.56 bits per heavy atom. The van der Waals surface area contributed by atoms with Gasteiger partial charge >= 0.3 is 23.9 Å². The lowest BCUT2D eigenvalue weighted by molar-refractivity contribution is -0.320. The van der Waals surface area contributed by atoms with E-state index in [-0.39, 0.29) is 6.42 Å². The van der Waals surface area contributed by atoms with Crippen LogP contribution in [0.25, 0.3) is 0 Å². The van der Waals surface area contributed by atoms with Crippen LogP contribution in [0.5, 0.6) is 0 Å². The zero-order chi connectivity index (χ0) is 14.6. The number of carboxylic acids is 2. The largest absolute Gasteiger partial charge is 0.481 e. The van der Waals surface area contributed by atoms with Gasteiger partial charge in [0.1, 0.15) is 0 Å². The number of esters is 1. The minimum atomic E-state index is -2.87. The summed E-state index contributed by atoms with van der Waals surface area (Å²) in [5, 5.41) is 44.5. The maximum atomic E-state index is 11.2. The SMILES string of the molecule is CCC(O)(O)OC(=O)CC(O)(CC(=O)O)C(=O)O. The highest BCUT2D eigenvalue weighted by Gasteiger charge is 2.42. The van der Waals surface area contributed by atoms with Gasteiger partial charge < -0.3 is 30.3 Å². The van der Waals surface area contributed by atoms with Crippen LogP contribution in [0.2, 0.25) is 0 Å². The second-order valence-corrected chi connectivity index (χ2v) is 3.65. The minimum Gasteiger partial charge on any atom is -0.481 e. The molecule has 0 aromatic heterocycles. The maximum absolute atomic E-state index is 11.2. The third-order valence-electron chi connectivity index (χ3n) is 2.02. The van der Waals surface area contributed by atoms with E-state index in [4.69, 9.17) is 20.4 Å². The number of hydrogen-bond acceptors (Lipinski definition) is 7. The number of carboxylic acid groups (broad SMARTS) is 2. The van der Waals surface area contributed by atoms with Gasteiger partial charge in [0.2, 0.25) is 0 Å². The summed E-state index contributed by atoms with van der Waals surface area (Å²) in [7, 11) is 0. The van der Waals surface area contributed by atoms with Gasteiger partial charge in [-0.2, -0.15) is 0 Å². The van der Waals surface area contributed by atoms with E-state index in [1.165, 1.54) is 6.92 Å². The molecule has 1 unspecified atom stereocenters. The third kappa shape index (κ3) is 5.08. The molecule has 1 atom stereocenters. The molecule has 0 spiro atoms. The first kappa shape index (κ1) is 16.3. The maximum Gasteiger partial charge on any atom is 0.336 e. The number of hydrogen-bond donors (Lipinski definition) is 5. The van der Waals surface area contributed by atoms with E-state index in [0.29, 0.717) is 0 Å². The average molecular weight is 266 g/mol. The van der Waals surface area contributed by atoms with Crippen LogP contribution in [0.3, 0.4) is 0 Å². The summed E-state index contributed by atoms with van der Waals surface area (Å²) in [6.45, 7) is 1.27. The van der Waals surface area contributed by atoms with Gasteiger partial charge in [-0.15, -0.1) is 0 Å². The van der Waals surface area contributed by atoms with Crippen LogP contribution in [-0.4, -0.2) is 55.0 Å². The number of ether oxygens (including phenoxy) is 1. The van der Waals surface area contributed by atoms with Crippen molar-refractivity contribution in [1.82, 2.24) is 0 Å². The summed E-state index contributed by atoms with van der Waals surface area (Å²) in [4.78, 5) is 32.2. The van der Waals surface area contributed by atoms with E-state index in [1.54, 1.807) is 0 Å². The van der Waals surface area contributed by atoms with Crippen molar-refractivity contribution in [1.29, 1.82) is 0 Å². The Kier molecular flexibility index (Phi) is 5.21. The van der Waals surface area contributed by atoms with Gasteiger partial charge in [-0.1, -0.05) is 6.92 Å². The van der Waals surface area contributed by atoms with Crippen molar-refractivity contribution >= 4 is 17.9 Å². The molecule has 0 saturated heterocycles. The second-order valence-electron chi connectivity index (χ2n) is 3.65. The summed E-state index contributed by atoms with van der Waals surface area (Å²) >= 11 is 0. The van der Waals surface area contributed by atoms with Crippen molar-refractivity contribution in [3.8, 4) is 0 Å². The van der Waals surface area contributed by atoms with E-state index in [9.17, 15) is 19.5 Å². The monoisotopic (exact) mass is 266 g/mol. The standard InChI is InChI=1S/C9H14O9/c1-2-9(16,17)18-6(12)4-8(15,7(13)14)3-5(10)11/h15-17H,2-4H2,1H3,(H,10,11)(H,13,14). The predicted octanol–water partition coefficient (Wildman–Crippen LogP) is -1.74. The molecule has 9 heteroatoms. The Labute approximate surface area is 101 Å². The molecular formula is C9H14O9. The van der Waals surface area contributed by atoms with Gasteiger partial charge in [-0.25, -0.2) is 4.79 Å². The average Bonchev–Trinajstić information content (AvgIpc) is 2.14. The molecule has 0 aliphatic rings. The first-order chi connectivity index (χ1) is 8.02. The molecule has 0 rings (SSSR count). The topological polar surface area (TPSA) is 162 Å². The first-order valence-electron chi connectivity index (χ1n) is 4.86. The van der Waals surface area contributed by atoms with Crippen LogP contribution in [0.1, 0.15) is 26.2 Å². The van der Waals surface area contributed by atoms with Crippen LogP contribution in [0.4, 0.5) is 0 Å². The van der Waals surface area contributed by atoms with Crippen molar-refractivity contribution in [2.45, 2.75) is 37.8 Å². The summed E-state index contributed by atoms with van der Waals surface area (Å²) in [6.07, 6.45) is -2.84. The molecule has 0 bridgehead atoms. The van der Waals surface area contributed by atoms with Gasteiger partial charge in [-0.3, -0.25) is 9.59 Å². The molecule has 0 aliphatic carbocycles. The zero-order valence-corrected chi connectivity index (χ0v) is 9.49. The van der Waals surface area contributed by atoms with Crippen molar-refractivity contribution in [2.75, 3.05) is 0 Å². The Hall–Kier alpha value is -1.71. The van der Waals surface area contributed by atoms with E-state index >= 15 is 0 Å². The highest BCUT2D eigenvalue weighted by atomic mass is 16.8. The van der Waals surface area contributed by atoms with Gasteiger partial charge in [0.25, 0.3) is 0 Å². The summed E-state index contributed by atoms with van der Waals surface area (Å²) in [6, 6.07) is 0. The summed E-state index contributed by atoms with van der Waals surface area (Å²) < 4.78 is 4.07. The molecule has 0 aliphatic heterocycles. The molecule has 0 saturated carbocycles. The number of carbonyl (C=O) groups is 3. The molecule has 0 heterocycles. The van der Waals surface area contributed by atoms with E-state index in [2.05, 4.69) is 4.74 Å². The lowest BCUT2D eigenvalue weighted by Crippen LogP contribution is -2.45. The molecule has 0 radical (unpaired) electrons. The Balaban J connectivity index is 4.76. The lowest BCUT2D eigenvalue weighted by atomic mass is 9.96. The molecule has 0 aromatic carbocycles. The molecule has 0 aromatic rings. The Bertz CT molecular complexity index is 348. The van der Waals surface area contributed by atoms with E-state index < -0.39 is 42.3 Å². The van der Waals surface area contributed by atoms with E-state index in [0.717, 1.165) is 0 Å². The number of carbonyl (C=O) groups excluding carboxylic acids is 1. The normalized spacial score (nSPS) is 14.7. The number of aliphatic carboxylic acids is 2. The minimum absolute atomic E-state index is 0.386. The van der Waals surface area contributed by atoms with Crippen LogP contribution in [0, 0.1) is 0 Å². The second kappa shape index (κ2) is 5.76. The smallest absolute Gasteiger partial charge is 0.336 e. The van der Waals surface area contributed by atoms with Crippen molar-refractivity contribution in [3.05, 3.63) is 0 Å². The first-order valence-corrected chi connectivity index (χ1v) is 4.86. The lowest BCUT2D eigenvalue weighted by Gasteiger charge is -2.24. The number of rotatable bonds is 7. The Morgan fingerprint density at radius 3 is 1.89 bits per heavy atom. The van der Waals surface area contributed by atoms with Crippen molar-refractivity contribution < 1.29 is 44.7 Å². The van der Waals surface area contributed by atoms with Crippen LogP contribution in [-0.2, 0) is 19.1 Å². The fourth-order valence-electron chi connectivity index (χ4n) is 0.993. The number of aliphatic hydroxyl groups is 3. The van der Waals surface area contributed by atoms with Crippen molar-refractivity contribution in [3.63, 3.8) is 0 Å². The van der Waals surface area contributed by atoms with Crippen LogP contribution >= 0.6 is 0 Å². The van der Waals surface area contributed by atoms with Gasteiger partial charge in [0, 0.05) is 6.42 Å². The Morgan fingerprint density at radius 1 is 1.06 bits per heavy atom. The summed E-state index contributed by atoms with van der Waals surface area (Å²) in [5.74, 6) is -7.81. The molecule has 104 valence electrons. The molecule has 0 fully saturated rings. The highest BCUT2D eigenvalue weighted by Crippen LogP contribution is 2.19. The fourth-order valence-corrected chi connectivity index (χ4v) is 0.993. The molecule has 18 heavy (non-hydrogen) atoms. The van der Waals surface area contributed by atoms with Gasteiger partial charge in [-0.05, 0) is 0 Å². The molecular weight excluding hydrogens is 252 g/mol. The van der Waals surface area contributed by atoms with Crippen molar-refractivity contribution in [2.24, 2.45) is 0 Å². The fraction of sp³-hybridized carbons (Fsp3) is 0.667. The van der Waals surface area contributed by atoms with Crippen LogP contribution < -0.4 is 0 Å². The molecule has 5 N–H and O–H groups in total. The zero-order valence-electron chi connectivity index (χ0n) is 9.49. The van der Waals surface area contributed by atoms with E-state index in [1.807, 2.05) is 0 Å². The molecule has 9 nitrogen and oxygen atoms in total. The highest BCUT2D eigenvalue weighted by molar-refractivity contribution is 5.88. The van der Waals surface area contributed by atoms with Crippen LogP contribution in [0.15, 0.2) is 0 Å². The third-order valence-corrected chi connectivity index (χ3v) is 2.02. The summed E-state index contributed by atoms with van der Waals surface area (Å²) in [5.41, 5.74) is -2.87. The van der Waals surface area contributed by atoms with Gasteiger partial charge in [0.15, 0.2) is 5.60 Å². The quantitative estimate of drug-likeness (QED) is 0.266. The van der Waals surface area contributed by atoms with Gasteiger partial charge in [0.05, 0.1) is 12.8 Å². The predicted molar refractivity (Wildman–Crippen MR) is 53.0 cm³/mol.